The Labute approximate surface area is 113 Å². The van der Waals surface area contributed by atoms with Crippen molar-refractivity contribution in [1.82, 2.24) is 10.3 Å². The molecule has 1 heterocycles. The zero-order valence-corrected chi connectivity index (χ0v) is 11.0. The maximum absolute atomic E-state index is 12.0. The summed E-state index contributed by atoms with van der Waals surface area (Å²) in [6.45, 7) is 1.45. The highest BCUT2D eigenvalue weighted by atomic mass is 19.4. The molecule has 8 heteroatoms. The van der Waals surface area contributed by atoms with Gasteiger partial charge in [-0.2, -0.15) is 13.2 Å². The van der Waals surface area contributed by atoms with Crippen LogP contribution in [-0.4, -0.2) is 40.9 Å². The first kappa shape index (κ1) is 16.2. The Balaban J connectivity index is 2.75. The van der Waals surface area contributed by atoms with E-state index in [4.69, 9.17) is 5.11 Å². The van der Waals surface area contributed by atoms with Crippen molar-refractivity contribution in [1.29, 1.82) is 0 Å². The highest BCUT2D eigenvalue weighted by Crippen LogP contribution is 2.17. The summed E-state index contributed by atoms with van der Waals surface area (Å²) in [7, 11) is 0. The molecular weight excluding hydrogens is 277 g/mol. The van der Waals surface area contributed by atoms with Gasteiger partial charge in [-0.15, -0.1) is 0 Å². The number of amides is 1. The van der Waals surface area contributed by atoms with Crippen molar-refractivity contribution in [3.63, 3.8) is 0 Å². The monoisotopic (exact) mass is 292 g/mol. The molecule has 0 fully saturated rings. The smallest absolute Gasteiger partial charge is 0.422 e. The summed E-state index contributed by atoms with van der Waals surface area (Å²) in [5.41, 5.74) is -0.744. The van der Waals surface area contributed by atoms with Crippen molar-refractivity contribution in [3.05, 3.63) is 23.9 Å². The largest absolute Gasteiger partial charge is 0.468 e. The SMILES string of the molecule is CC(C)(CO)NC(=O)c1ccnc(OCC(F)(F)F)c1. The van der Waals surface area contributed by atoms with E-state index in [2.05, 4.69) is 15.0 Å². The van der Waals surface area contributed by atoms with Gasteiger partial charge in [0.1, 0.15) is 0 Å². The Hall–Kier alpha value is -1.83. The Morgan fingerprint density at radius 1 is 1.45 bits per heavy atom. The Kier molecular flexibility index (Phi) is 4.93. The van der Waals surface area contributed by atoms with E-state index in [9.17, 15) is 18.0 Å². The van der Waals surface area contributed by atoms with E-state index in [0.717, 1.165) is 6.07 Å². The average molecular weight is 292 g/mol. The molecule has 2 N–H and O–H groups in total. The fraction of sp³-hybridized carbons (Fsp3) is 0.500. The van der Waals surface area contributed by atoms with Crippen LogP contribution in [0.2, 0.25) is 0 Å². The lowest BCUT2D eigenvalue weighted by Gasteiger charge is -2.23. The lowest BCUT2D eigenvalue weighted by molar-refractivity contribution is -0.154. The lowest BCUT2D eigenvalue weighted by Crippen LogP contribution is -2.46. The van der Waals surface area contributed by atoms with Crippen molar-refractivity contribution in [2.45, 2.75) is 25.6 Å². The van der Waals surface area contributed by atoms with E-state index in [1.54, 1.807) is 13.8 Å². The molecule has 0 saturated heterocycles. The number of rotatable bonds is 5. The number of aliphatic hydroxyl groups is 1. The van der Waals surface area contributed by atoms with Gasteiger partial charge < -0.3 is 15.2 Å². The van der Waals surface area contributed by atoms with E-state index in [1.165, 1.54) is 12.3 Å². The maximum atomic E-state index is 12.0. The van der Waals surface area contributed by atoms with Gasteiger partial charge >= 0.3 is 6.18 Å². The third-order valence-electron chi connectivity index (χ3n) is 2.23. The molecule has 0 aliphatic heterocycles. The summed E-state index contributed by atoms with van der Waals surface area (Å²) in [6, 6.07) is 2.44. The predicted octanol–water partition coefficient (Wildman–Crippen LogP) is 1.52. The van der Waals surface area contributed by atoms with E-state index >= 15 is 0 Å². The van der Waals surface area contributed by atoms with Gasteiger partial charge in [0.15, 0.2) is 6.61 Å². The second-order valence-corrected chi connectivity index (χ2v) is 4.78. The summed E-state index contributed by atoms with van der Waals surface area (Å²) < 4.78 is 40.5. The fourth-order valence-electron chi connectivity index (χ4n) is 1.20. The first-order valence-corrected chi connectivity index (χ1v) is 5.72. The third-order valence-corrected chi connectivity index (χ3v) is 2.23. The van der Waals surface area contributed by atoms with Gasteiger partial charge in [0.2, 0.25) is 5.88 Å². The van der Waals surface area contributed by atoms with Crippen molar-refractivity contribution in [2.24, 2.45) is 0 Å². The Morgan fingerprint density at radius 2 is 2.10 bits per heavy atom. The van der Waals surface area contributed by atoms with Gasteiger partial charge in [0, 0.05) is 17.8 Å². The van der Waals surface area contributed by atoms with Crippen molar-refractivity contribution in [2.75, 3.05) is 13.2 Å². The number of nitrogens with one attached hydrogen (secondary N) is 1. The molecule has 1 amide bonds. The molecule has 1 aromatic rings. The molecule has 112 valence electrons. The first-order chi connectivity index (χ1) is 9.13. The highest BCUT2D eigenvalue weighted by Gasteiger charge is 2.29. The molecule has 20 heavy (non-hydrogen) atoms. The minimum Gasteiger partial charge on any atom is -0.468 e. The summed E-state index contributed by atoms with van der Waals surface area (Å²) in [5, 5.41) is 11.6. The molecule has 0 bridgehead atoms. The number of carbonyl (C=O) groups excluding carboxylic acids is 1. The van der Waals surface area contributed by atoms with Crippen molar-refractivity contribution in [3.8, 4) is 5.88 Å². The summed E-state index contributed by atoms with van der Waals surface area (Å²) >= 11 is 0. The van der Waals surface area contributed by atoms with E-state index < -0.39 is 24.2 Å². The molecule has 0 aromatic carbocycles. The Bertz CT molecular complexity index is 475. The number of carbonyl (C=O) groups is 1. The molecule has 0 radical (unpaired) electrons. The number of nitrogens with zero attached hydrogens (tertiary/aromatic N) is 1. The number of ether oxygens (including phenoxy) is 1. The van der Waals surface area contributed by atoms with Crippen LogP contribution < -0.4 is 10.1 Å². The van der Waals surface area contributed by atoms with E-state index in [-0.39, 0.29) is 18.1 Å². The molecule has 0 unspecified atom stereocenters. The second kappa shape index (κ2) is 6.08. The molecule has 0 spiro atoms. The molecule has 1 rings (SSSR count). The number of hydrogen-bond acceptors (Lipinski definition) is 4. The van der Waals surface area contributed by atoms with Crippen LogP contribution >= 0.6 is 0 Å². The summed E-state index contributed by atoms with van der Waals surface area (Å²) in [6.07, 6.45) is -3.30. The minimum absolute atomic E-state index is 0.0960. The summed E-state index contributed by atoms with van der Waals surface area (Å²) in [5.74, 6) is -0.833. The van der Waals surface area contributed by atoms with Crippen molar-refractivity contribution >= 4 is 5.91 Å². The fourth-order valence-corrected chi connectivity index (χ4v) is 1.20. The normalized spacial score (nSPS) is 12.1. The predicted molar refractivity (Wildman–Crippen MR) is 64.4 cm³/mol. The Morgan fingerprint density at radius 3 is 2.65 bits per heavy atom. The number of aliphatic hydroxyl groups excluding tert-OH is 1. The molecule has 0 saturated carbocycles. The molecule has 5 nitrogen and oxygen atoms in total. The number of halogens is 3. The van der Waals surface area contributed by atoms with Gasteiger partial charge in [-0.1, -0.05) is 0 Å². The second-order valence-electron chi connectivity index (χ2n) is 4.78. The molecule has 0 aliphatic carbocycles. The standard InChI is InChI=1S/C12H15F3N2O3/c1-11(2,6-18)17-10(19)8-3-4-16-9(5-8)20-7-12(13,14)15/h3-5,18H,6-7H2,1-2H3,(H,17,19). The number of alkyl halides is 3. The van der Waals surface area contributed by atoms with Crippen LogP contribution in [-0.2, 0) is 0 Å². The molecule has 0 aliphatic rings. The van der Waals surface area contributed by atoms with Gasteiger partial charge in [-0.3, -0.25) is 4.79 Å². The maximum Gasteiger partial charge on any atom is 0.422 e. The first-order valence-electron chi connectivity index (χ1n) is 5.72. The highest BCUT2D eigenvalue weighted by molar-refractivity contribution is 5.94. The quantitative estimate of drug-likeness (QED) is 0.863. The van der Waals surface area contributed by atoms with Crippen LogP contribution in [0.4, 0.5) is 13.2 Å². The van der Waals surface area contributed by atoms with Crippen molar-refractivity contribution < 1.29 is 27.8 Å². The van der Waals surface area contributed by atoms with E-state index in [0.29, 0.717) is 0 Å². The van der Waals surface area contributed by atoms with Crippen LogP contribution in [0.3, 0.4) is 0 Å². The lowest BCUT2D eigenvalue weighted by atomic mass is 10.1. The minimum atomic E-state index is -4.47. The van der Waals surface area contributed by atoms with E-state index in [1.807, 2.05) is 0 Å². The molecule has 0 atom stereocenters. The van der Waals surface area contributed by atoms with Crippen LogP contribution in [0, 0.1) is 0 Å². The van der Waals surface area contributed by atoms with Gasteiger partial charge in [0.05, 0.1) is 12.1 Å². The third kappa shape index (κ3) is 5.43. The zero-order valence-electron chi connectivity index (χ0n) is 11.0. The summed E-state index contributed by atoms with van der Waals surface area (Å²) in [4.78, 5) is 15.4. The van der Waals surface area contributed by atoms with Gasteiger partial charge in [0.25, 0.3) is 5.91 Å². The van der Waals surface area contributed by atoms with Crippen LogP contribution in [0.5, 0.6) is 5.88 Å². The number of aromatic nitrogens is 1. The number of hydrogen-bond donors (Lipinski definition) is 2. The topological polar surface area (TPSA) is 71.5 Å². The van der Waals surface area contributed by atoms with Crippen LogP contribution in [0.1, 0.15) is 24.2 Å². The molecule has 1 aromatic heterocycles. The van der Waals surface area contributed by atoms with Gasteiger partial charge in [-0.05, 0) is 19.9 Å². The van der Waals surface area contributed by atoms with Gasteiger partial charge in [-0.25, -0.2) is 4.98 Å². The molecular formula is C12H15F3N2O3. The zero-order chi connectivity index (χ0) is 15.4. The number of pyridine rings is 1. The van der Waals surface area contributed by atoms with Crippen LogP contribution in [0.25, 0.3) is 0 Å². The van der Waals surface area contributed by atoms with Crippen LogP contribution in [0.15, 0.2) is 18.3 Å². The average Bonchev–Trinajstić information content (AvgIpc) is 2.35.